The summed E-state index contributed by atoms with van der Waals surface area (Å²) >= 11 is 0. The Bertz CT molecular complexity index is 1850. The molecule has 0 spiro atoms. The van der Waals surface area contributed by atoms with Gasteiger partial charge in [0, 0.05) is 43.2 Å². The lowest BCUT2D eigenvalue weighted by atomic mass is 9.95. The summed E-state index contributed by atoms with van der Waals surface area (Å²) in [7, 11) is 0. The van der Waals surface area contributed by atoms with Crippen LogP contribution in [0.25, 0.3) is 32.9 Å². The largest absolute Gasteiger partial charge is 0.508 e. The molecule has 2 aromatic carbocycles. The van der Waals surface area contributed by atoms with Crippen molar-refractivity contribution in [3.63, 3.8) is 0 Å². The zero-order chi connectivity index (χ0) is 30.2. The minimum absolute atomic E-state index is 0.0120. The van der Waals surface area contributed by atoms with E-state index in [1.807, 2.05) is 0 Å². The fourth-order valence-electron chi connectivity index (χ4n) is 7.70. The van der Waals surface area contributed by atoms with Crippen molar-refractivity contribution in [3.8, 4) is 35.4 Å². The van der Waals surface area contributed by atoms with Crippen molar-refractivity contribution in [1.29, 1.82) is 0 Å². The van der Waals surface area contributed by atoms with Crippen molar-refractivity contribution in [2.24, 2.45) is 0 Å². The van der Waals surface area contributed by atoms with Crippen molar-refractivity contribution < 1.29 is 27.8 Å². The van der Waals surface area contributed by atoms with E-state index >= 15 is 4.39 Å². The Morgan fingerprint density at radius 2 is 1.95 bits per heavy atom. The van der Waals surface area contributed by atoms with Gasteiger partial charge in [-0.1, -0.05) is 12.0 Å². The van der Waals surface area contributed by atoms with Crippen LogP contribution in [-0.2, 0) is 4.74 Å². The van der Waals surface area contributed by atoms with Crippen LogP contribution in [0.5, 0.6) is 11.8 Å². The Hall–Kier alpha value is -4.14. The molecule has 2 aromatic heterocycles. The van der Waals surface area contributed by atoms with Gasteiger partial charge in [0.15, 0.2) is 5.82 Å². The molecule has 4 fully saturated rings. The molecule has 2 bridgehead atoms. The third-order valence-electron chi connectivity index (χ3n) is 9.67. The van der Waals surface area contributed by atoms with Gasteiger partial charge in [0.1, 0.15) is 41.4 Å². The molecular weight excluding hydrogens is 571 g/mol. The SMILES string of the molecule is C#Cc1c(F)ccc2cc(O)cc(-c3ncc4c(N5CC6CCC(C5)O6)nc(OC[C@@]56CCCN5C[C@H](F)C6)nc4c3F)c12. The first kappa shape index (κ1) is 27.4. The molecule has 0 amide bonds. The molecule has 0 radical (unpaired) electrons. The van der Waals surface area contributed by atoms with Gasteiger partial charge < -0.3 is 19.5 Å². The number of terminal acetylenes is 1. The summed E-state index contributed by atoms with van der Waals surface area (Å²) in [5.74, 6) is 1.27. The minimum Gasteiger partial charge on any atom is -0.508 e. The second-order valence-electron chi connectivity index (χ2n) is 12.4. The number of aromatic hydroxyl groups is 1. The number of aromatic nitrogens is 3. The van der Waals surface area contributed by atoms with Crippen LogP contribution in [0.2, 0.25) is 0 Å². The van der Waals surface area contributed by atoms with Crippen LogP contribution in [0, 0.1) is 24.0 Å². The maximum atomic E-state index is 16.7. The topological polar surface area (TPSA) is 83.8 Å². The van der Waals surface area contributed by atoms with E-state index in [9.17, 15) is 13.9 Å². The van der Waals surface area contributed by atoms with Crippen molar-refractivity contribution in [1.82, 2.24) is 19.9 Å². The molecule has 2 unspecified atom stereocenters. The second-order valence-corrected chi connectivity index (χ2v) is 12.4. The van der Waals surface area contributed by atoms with E-state index in [1.54, 1.807) is 0 Å². The predicted molar refractivity (Wildman–Crippen MR) is 158 cm³/mol. The number of morpholine rings is 1. The van der Waals surface area contributed by atoms with Crippen LogP contribution in [-0.4, -0.2) is 81.7 Å². The Morgan fingerprint density at radius 1 is 1.14 bits per heavy atom. The molecule has 1 N–H and O–H groups in total. The molecule has 44 heavy (non-hydrogen) atoms. The quantitative estimate of drug-likeness (QED) is 0.315. The maximum absolute atomic E-state index is 16.7. The van der Waals surface area contributed by atoms with Crippen LogP contribution < -0.4 is 9.64 Å². The zero-order valence-corrected chi connectivity index (χ0v) is 23.9. The van der Waals surface area contributed by atoms with Crippen LogP contribution in [0.3, 0.4) is 0 Å². The molecule has 4 aliphatic heterocycles. The number of phenolic OH excluding ortho intramolecular Hbond substituents is 1. The smallest absolute Gasteiger partial charge is 0.319 e. The lowest BCUT2D eigenvalue weighted by molar-refractivity contribution is 0.0302. The standard InChI is InChI=1S/C33H30F3N5O3/c1-2-23-26(35)7-4-18-10-20(42)11-24(27(18)23)29-28(36)30-25(13-37-29)31(40-15-21-5-6-22(16-40)44-21)39-32(38-30)43-17-33-8-3-9-41(33)14-19(34)12-33/h1,4,7,10-11,13,19,21-22,42H,3,5-6,8-9,12,14-17H2/t19-,21?,22?,33+/m1/s1. The molecule has 8 rings (SSSR count). The van der Waals surface area contributed by atoms with Gasteiger partial charge in [-0.15, -0.1) is 6.42 Å². The average molecular weight is 602 g/mol. The minimum atomic E-state index is -0.920. The second kappa shape index (κ2) is 10.2. The number of anilines is 1. The lowest BCUT2D eigenvalue weighted by Gasteiger charge is -2.34. The molecule has 6 heterocycles. The normalized spacial score (nSPS) is 26.4. The molecule has 4 saturated heterocycles. The van der Waals surface area contributed by atoms with Gasteiger partial charge >= 0.3 is 6.01 Å². The molecule has 0 aliphatic carbocycles. The number of alkyl halides is 1. The average Bonchev–Trinajstić information content (AvgIpc) is 3.66. The van der Waals surface area contributed by atoms with Gasteiger partial charge in [-0.05, 0) is 55.8 Å². The van der Waals surface area contributed by atoms with Gasteiger partial charge in [-0.2, -0.15) is 9.97 Å². The summed E-state index contributed by atoms with van der Waals surface area (Å²) in [6, 6.07) is 5.43. The van der Waals surface area contributed by atoms with Crippen LogP contribution in [0.4, 0.5) is 19.0 Å². The van der Waals surface area contributed by atoms with E-state index < -0.39 is 23.3 Å². The van der Waals surface area contributed by atoms with Crippen molar-refractivity contribution >= 4 is 27.5 Å². The number of benzene rings is 2. The van der Waals surface area contributed by atoms with E-state index in [2.05, 4.69) is 25.7 Å². The fourth-order valence-corrected chi connectivity index (χ4v) is 7.70. The number of hydrogen-bond acceptors (Lipinski definition) is 8. The number of fused-ring (bicyclic) bond motifs is 5. The highest BCUT2D eigenvalue weighted by molar-refractivity contribution is 6.03. The number of phenols is 1. The number of rotatable bonds is 5. The molecule has 4 atom stereocenters. The summed E-state index contributed by atoms with van der Waals surface area (Å²) in [5, 5.41) is 11.6. The van der Waals surface area contributed by atoms with Gasteiger partial charge in [-0.3, -0.25) is 9.88 Å². The van der Waals surface area contributed by atoms with E-state index in [-0.39, 0.29) is 58.3 Å². The monoisotopic (exact) mass is 601 g/mol. The van der Waals surface area contributed by atoms with Gasteiger partial charge in [-0.25, -0.2) is 13.2 Å². The molecule has 8 nitrogen and oxygen atoms in total. The first-order valence-corrected chi connectivity index (χ1v) is 15.0. The van der Waals surface area contributed by atoms with Crippen LogP contribution in [0.1, 0.15) is 37.7 Å². The van der Waals surface area contributed by atoms with Crippen LogP contribution >= 0.6 is 0 Å². The molecule has 11 heteroatoms. The maximum Gasteiger partial charge on any atom is 0.319 e. The number of hydrogen-bond donors (Lipinski definition) is 1. The highest BCUT2D eigenvalue weighted by Gasteiger charge is 2.49. The number of halogens is 3. The summed E-state index contributed by atoms with van der Waals surface area (Å²) in [6.07, 6.45) is 10.3. The molecular formula is C33H30F3N5O3. The van der Waals surface area contributed by atoms with Crippen molar-refractivity contribution in [2.75, 3.05) is 37.7 Å². The number of pyridine rings is 1. The summed E-state index contributed by atoms with van der Waals surface area (Å²) < 4.78 is 58.2. The summed E-state index contributed by atoms with van der Waals surface area (Å²) in [5.41, 5.74) is -0.527. The van der Waals surface area contributed by atoms with E-state index in [1.165, 1.54) is 30.5 Å². The van der Waals surface area contributed by atoms with E-state index in [4.69, 9.17) is 20.9 Å². The number of ether oxygens (including phenoxy) is 2. The highest BCUT2D eigenvalue weighted by atomic mass is 19.1. The van der Waals surface area contributed by atoms with Crippen molar-refractivity contribution in [3.05, 3.63) is 47.7 Å². The van der Waals surface area contributed by atoms with E-state index in [0.717, 1.165) is 32.2 Å². The lowest BCUT2D eigenvalue weighted by Crippen LogP contribution is -2.44. The molecule has 4 aliphatic rings. The third kappa shape index (κ3) is 4.34. The van der Waals surface area contributed by atoms with Crippen LogP contribution in [0.15, 0.2) is 30.5 Å². The Balaban J connectivity index is 1.28. The first-order chi connectivity index (χ1) is 21.3. The Kier molecular flexibility index (Phi) is 6.36. The third-order valence-corrected chi connectivity index (χ3v) is 9.67. The van der Waals surface area contributed by atoms with Gasteiger partial charge in [0.2, 0.25) is 0 Å². The molecule has 226 valence electrons. The number of nitrogens with zero attached hydrogens (tertiary/aromatic N) is 5. The predicted octanol–water partition coefficient (Wildman–Crippen LogP) is 5.13. The first-order valence-electron chi connectivity index (χ1n) is 15.0. The Labute approximate surface area is 251 Å². The fraction of sp³-hybridized carbons (Fsp3) is 0.424. The highest BCUT2D eigenvalue weighted by Crippen LogP contribution is 2.42. The van der Waals surface area contributed by atoms with Gasteiger partial charge in [0.25, 0.3) is 0 Å². The summed E-state index contributed by atoms with van der Waals surface area (Å²) in [4.78, 5) is 18.0. The van der Waals surface area contributed by atoms with Crippen molar-refractivity contribution in [2.45, 2.75) is 56.0 Å². The summed E-state index contributed by atoms with van der Waals surface area (Å²) in [6.45, 7) is 2.54. The molecule has 4 aromatic rings. The molecule has 0 saturated carbocycles. The Morgan fingerprint density at radius 3 is 2.75 bits per heavy atom. The van der Waals surface area contributed by atoms with Gasteiger partial charge in [0.05, 0.1) is 28.7 Å². The van der Waals surface area contributed by atoms with E-state index in [0.29, 0.717) is 42.6 Å². The zero-order valence-electron chi connectivity index (χ0n) is 23.9.